The fourth-order valence-corrected chi connectivity index (χ4v) is 1.77. The molecule has 0 radical (unpaired) electrons. The second-order valence-corrected chi connectivity index (χ2v) is 3.58. The Labute approximate surface area is 78.3 Å². The molecule has 0 aromatic carbocycles. The van der Waals surface area contributed by atoms with Crippen LogP contribution in [0, 0.1) is 5.41 Å². The van der Waals surface area contributed by atoms with Crippen molar-refractivity contribution in [3.8, 4) is 0 Å². The van der Waals surface area contributed by atoms with Crippen molar-refractivity contribution in [3.63, 3.8) is 0 Å². The third kappa shape index (κ3) is 2.42. The number of carboxylic acids is 1. The lowest BCUT2D eigenvalue weighted by atomic mass is 9.76. The first-order valence-electron chi connectivity index (χ1n) is 4.64. The zero-order valence-corrected chi connectivity index (χ0v) is 8.01. The number of aliphatic carboxylic acids is 1. The number of nitrogens with one attached hydrogen (secondary N) is 1. The lowest BCUT2D eigenvalue weighted by molar-refractivity contribution is -0.152. The largest absolute Gasteiger partial charge is 0.481 e. The van der Waals surface area contributed by atoms with Gasteiger partial charge in [0.25, 0.3) is 0 Å². The molecule has 1 aliphatic rings. The van der Waals surface area contributed by atoms with Crippen molar-refractivity contribution in [2.75, 3.05) is 26.8 Å². The van der Waals surface area contributed by atoms with Gasteiger partial charge in [0.15, 0.2) is 0 Å². The predicted molar refractivity (Wildman–Crippen MR) is 48.7 cm³/mol. The number of hydrogen-bond donors (Lipinski definition) is 2. The standard InChI is InChI=1S/C9H17NO3/c1-13-7-4-9(8(11)12)2-5-10-6-3-9/h10H,2-7H2,1H3,(H,11,12). The highest BCUT2D eigenvalue weighted by Gasteiger charge is 2.38. The molecule has 0 aliphatic carbocycles. The summed E-state index contributed by atoms with van der Waals surface area (Å²) >= 11 is 0. The third-order valence-corrected chi connectivity index (χ3v) is 2.80. The molecule has 0 bridgehead atoms. The van der Waals surface area contributed by atoms with Crippen molar-refractivity contribution in [2.45, 2.75) is 19.3 Å². The molecule has 76 valence electrons. The van der Waals surface area contributed by atoms with E-state index < -0.39 is 11.4 Å². The molecule has 1 saturated heterocycles. The van der Waals surface area contributed by atoms with E-state index >= 15 is 0 Å². The molecule has 1 fully saturated rings. The minimum atomic E-state index is -0.675. The van der Waals surface area contributed by atoms with Crippen LogP contribution in [0.4, 0.5) is 0 Å². The topological polar surface area (TPSA) is 58.6 Å². The summed E-state index contributed by atoms with van der Waals surface area (Å²) in [5.41, 5.74) is -0.540. The highest BCUT2D eigenvalue weighted by Crippen LogP contribution is 2.32. The SMILES string of the molecule is COCCC1(C(=O)O)CCNCC1. The number of piperidine rings is 1. The minimum absolute atomic E-state index is 0.534. The molecule has 4 nitrogen and oxygen atoms in total. The Morgan fingerprint density at radius 2 is 2.15 bits per heavy atom. The van der Waals surface area contributed by atoms with Gasteiger partial charge in [-0.15, -0.1) is 0 Å². The van der Waals surface area contributed by atoms with Crippen LogP contribution in [0.3, 0.4) is 0 Å². The Bertz CT molecular complexity index is 176. The number of ether oxygens (including phenoxy) is 1. The molecule has 0 saturated carbocycles. The van der Waals surface area contributed by atoms with Crippen LogP contribution < -0.4 is 5.32 Å². The maximum Gasteiger partial charge on any atom is 0.309 e. The van der Waals surface area contributed by atoms with E-state index in [2.05, 4.69) is 5.32 Å². The quantitative estimate of drug-likeness (QED) is 0.672. The van der Waals surface area contributed by atoms with E-state index in [9.17, 15) is 4.79 Å². The molecule has 0 spiro atoms. The molecular formula is C9H17NO3. The van der Waals surface area contributed by atoms with Crippen LogP contribution in [0.5, 0.6) is 0 Å². The predicted octanol–water partition coefficient (Wildman–Crippen LogP) is 0.477. The molecule has 1 rings (SSSR count). The second-order valence-electron chi connectivity index (χ2n) is 3.58. The van der Waals surface area contributed by atoms with E-state index in [0.717, 1.165) is 13.1 Å². The lowest BCUT2D eigenvalue weighted by Crippen LogP contribution is -2.42. The van der Waals surface area contributed by atoms with Crippen LogP contribution in [0.25, 0.3) is 0 Å². The molecule has 13 heavy (non-hydrogen) atoms. The van der Waals surface area contributed by atoms with Crippen LogP contribution >= 0.6 is 0 Å². The Hall–Kier alpha value is -0.610. The molecule has 1 aliphatic heterocycles. The highest BCUT2D eigenvalue weighted by atomic mass is 16.5. The molecule has 0 aromatic heterocycles. The lowest BCUT2D eigenvalue weighted by Gasteiger charge is -2.33. The molecule has 4 heteroatoms. The Morgan fingerprint density at radius 1 is 1.54 bits per heavy atom. The summed E-state index contributed by atoms with van der Waals surface area (Å²) in [5.74, 6) is -0.675. The summed E-state index contributed by atoms with van der Waals surface area (Å²) in [4.78, 5) is 11.1. The van der Waals surface area contributed by atoms with Crippen LogP contribution in [0.15, 0.2) is 0 Å². The van der Waals surface area contributed by atoms with Crippen molar-refractivity contribution < 1.29 is 14.6 Å². The van der Waals surface area contributed by atoms with Crippen molar-refractivity contribution in [1.82, 2.24) is 5.32 Å². The maximum atomic E-state index is 11.1. The fourth-order valence-electron chi connectivity index (χ4n) is 1.77. The van der Waals surface area contributed by atoms with Crippen LogP contribution in [0.2, 0.25) is 0 Å². The van der Waals surface area contributed by atoms with Crippen molar-refractivity contribution in [1.29, 1.82) is 0 Å². The van der Waals surface area contributed by atoms with Crippen LogP contribution in [-0.4, -0.2) is 37.9 Å². The molecule has 2 N–H and O–H groups in total. The average Bonchev–Trinajstić information content (AvgIpc) is 2.16. The first-order valence-corrected chi connectivity index (χ1v) is 4.64. The first-order chi connectivity index (χ1) is 6.21. The van der Waals surface area contributed by atoms with Crippen LogP contribution in [0.1, 0.15) is 19.3 Å². The van der Waals surface area contributed by atoms with E-state index in [1.807, 2.05) is 0 Å². The van der Waals surface area contributed by atoms with Gasteiger partial charge in [-0.05, 0) is 32.4 Å². The van der Waals surface area contributed by atoms with E-state index in [1.165, 1.54) is 0 Å². The number of carbonyl (C=O) groups is 1. The Kier molecular flexibility index (Phi) is 3.69. The van der Waals surface area contributed by atoms with Crippen molar-refractivity contribution >= 4 is 5.97 Å². The van der Waals surface area contributed by atoms with Gasteiger partial charge in [0.1, 0.15) is 0 Å². The smallest absolute Gasteiger partial charge is 0.309 e. The monoisotopic (exact) mass is 187 g/mol. The fraction of sp³-hybridized carbons (Fsp3) is 0.889. The molecular weight excluding hydrogens is 170 g/mol. The highest BCUT2D eigenvalue weighted by molar-refractivity contribution is 5.74. The number of rotatable bonds is 4. The van der Waals surface area contributed by atoms with Gasteiger partial charge in [0.2, 0.25) is 0 Å². The van der Waals surface area contributed by atoms with Gasteiger partial charge in [-0.2, -0.15) is 0 Å². The van der Waals surface area contributed by atoms with E-state index in [-0.39, 0.29) is 0 Å². The number of hydrogen-bond acceptors (Lipinski definition) is 3. The summed E-state index contributed by atoms with van der Waals surface area (Å²) in [5, 5.41) is 12.3. The zero-order chi connectivity index (χ0) is 9.73. The number of carboxylic acid groups (broad SMARTS) is 1. The van der Waals surface area contributed by atoms with Gasteiger partial charge < -0.3 is 15.2 Å². The summed E-state index contributed by atoms with van der Waals surface area (Å²) in [6.07, 6.45) is 2.05. The first kappa shape index (κ1) is 10.5. The molecule has 0 unspecified atom stereocenters. The van der Waals surface area contributed by atoms with E-state index in [4.69, 9.17) is 9.84 Å². The van der Waals surface area contributed by atoms with E-state index in [1.54, 1.807) is 7.11 Å². The molecule has 0 aromatic rings. The Morgan fingerprint density at radius 3 is 2.62 bits per heavy atom. The zero-order valence-electron chi connectivity index (χ0n) is 8.01. The average molecular weight is 187 g/mol. The summed E-state index contributed by atoms with van der Waals surface area (Å²) in [6.45, 7) is 2.14. The van der Waals surface area contributed by atoms with Gasteiger partial charge >= 0.3 is 5.97 Å². The molecule has 1 heterocycles. The van der Waals surface area contributed by atoms with Crippen molar-refractivity contribution in [2.24, 2.45) is 5.41 Å². The van der Waals surface area contributed by atoms with Gasteiger partial charge in [-0.3, -0.25) is 4.79 Å². The van der Waals surface area contributed by atoms with Crippen molar-refractivity contribution in [3.05, 3.63) is 0 Å². The molecule has 0 amide bonds. The van der Waals surface area contributed by atoms with Gasteiger partial charge in [-0.25, -0.2) is 0 Å². The normalized spacial score (nSPS) is 21.3. The van der Waals surface area contributed by atoms with Crippen LogP contribution in [-0.2, 0) is 9.53 Å². The van der Waals surface area contributed by atoms with Gasteiger partial charge in [0.05, 0.1) is 5.41 Å². The van der Waals surface area contributed by atoms with Gasteiger partial charge in [0, 0.05) is 13.7 Å². The summed E-state index contributed by atoms with van der Waals surface area (Å²) in [6, 6.07) is 0. The van der Waals surface area contributed by atoms with E-state index in [0.29, 0.717) is 25.9 Å². The second kappa shape index (κ2) is 4.58. The summed E-state index contributed by atoms with van der Waals surface area (Å²) in [7, 11) is 1.61. The third-order valence-electron chi connectivity index (χ3n) is 2.80. The number of methoxy groups -OCH3 is 1. The summed E-state index contributed by atoms with van der Waals surface area (Å²) < 4.78 is 4.94. The molecule has 0 atom stereocenters. The maximum absolute atomic E-state index is 11.1. The Balaban J connectivity index is 2.56. The minimum Gasteiger partial charge on any atom is -0.481 e. The van der Waals surface area contributed by atoms with Gasteiger partial charge in [-0.1, -0.05) is 0 Å².